The van der Waals surface area contributed by atoms with Crippen LogP contribution in [0.3, 0.4) is 0 Å². The summed E-state index contributed by atoms with van der Waals surface area (Å²) >= 11 is 0. The van der Waals surface area contributed by atoms with Crippen LogP contribution in [0, 0.1) is 26.2 Å². The van der Waals surface area contributed by atoms with E-state index in [0.29, 0.717) is 6.42 Å². The van der Waals surface area contributed by atoms with Crippen LogP contribution in [-0.4, -0.2) is 9.97 Å². The third-order valence-corrected chi connectivity index (χ3v) is 5.08. The number of hydrogen-bond donors (Lipinski definition) is 1. The average Bonchev–Trinajstić information content (AvgIpc) is 2.77. The lowest BCUT2D eigenvalue weighted by Gasteiger charge is -2.15. The number of benzene rings is 3. The lowest BCUT2D eigenvalue weighted by molar-refractivity contribution is 0.971. The number of hydrogen-bond acceptors (Lipinski definition) is 3. The largest absolute Gasteiger partial charge is 0.340 e. The van der Waals surface area contributed by atoms with E-state index in [9.17, 15) is 0 Å². The summed E-state index contributed by atoms with van der Waals surface area (Å²) in [6, 6.07) is 24.7. The van der Waals surface area contributed by atoms with Crippen LogP contribution in [0.1, 0.15) is 28.1 Å². The molecule has 0 atom stereocenters. The first-order valence-electron chi connectivity index (χ1n) is 9.93. The first-order valence-corrected chi connectivity index (χ1v) is 9.93. The smallest absolute Gasteiger partial charge is 0.135 e. The summed E-state index contributed by atoms with van der Waals surface area (Å²) in [5.74, 6) is 4.20. The van der Waals surface area contributed by atoms with Gasteiger partial charge in [0.25, 0.3) is 0 Å². The van der Waals surface area contributed by atoms with E-state index < -0.39 is 0 Å². The number of aromatic nitrogens is 2. The normalized spacial score (nSPS) is 10.4. The Balaban J connectivity index is 1.56. The van der Waals surface area contributed by atoms with Gasteiger partial charge in [-0.25, -0.2) is 9.97 Å². The minimum atomic E-state index is 0.658. The first-order chi connectivity index (χ1) is 14.6. The van der Waals surface area contributed by atoms with Crippen LogP contribution < -0.4 is 5.32 Å². The number of aryl methyl sites for hydroxylation is 2. The predicted molar refractivity (Wildman–Crippen MR) is 124 cm³/mol. The standard InChI is InChI=1S/C27H23N3/c1-4-21-10-12-22(13-11-21)18-26-28-15-14-25(29-26)30-27-19(2)16-24(17-20(27)3)23-8-6-5-7-9-23/h1,5-17H,18H2,2-3H3,(H,28,29,30). The van der Waals surface area contributed by atoms with Crippen LogP contribution in [0.4, 0.5) is 11.5 Å². The van der Waals surface area contributed by atoms with Gasteiger partial charge in [0.15, 0.2) is 0 Å². The van der Waals surface area contributed by atoms with Crippen LogP contribution in [0.2, 0.25) is 0 Å². The molecule has 0 bridgehead atoms. The topological polar surface area (TPSA) is 37.8 Å². The fourth-order valence-electron chi connectivity index (χ4n) is 3.54. The second kappa shape index (κ2) is 8.63. The molecule has 3 heteroatoms. The van der Waals surface area contributed by atoms with Crippen molar-refractivity contribution in [2.45, 2.75) is 20.3 Å². The minimum absolute atomic E-state index is 0.658. The summed E-state index contributed by atoms with van der Waals surface area (Å²) in [5.41, 5.74) is 7.88. The van der Waals surface area contributed by atoms with Crippen LogP contribution in [-0.2, 0) is 6.42 Å². The SMILES string of the molecule is C#Cc1ccc(Cc2nccc(Nc3c(C)cc(-c4ccccc4)cc3C)n2)cc1. The van der Waals surface area contributed by atoms with Gasteiger partial charge in [-0.05, 0) is 72.0 Å². The second-order valence-electron chi connectivity index (χ2n) is 7.35. The molecule has 0 saturated heterocycles. The maximum atomic E-state index is 5.43. The van der Waals surface area contributed by atoms with Gasteiger partial charge in [-0.2, -0.15) is 0 Å². The molecule has 0 aliphatic carbocycles. The van der Waals surface area contributed by atoms with E-state index >= 15 is 0 Å². The van der Waals surface area contributed by atoms with Gasteiger partial charge < -0.3 is 5.32 Å². The van der Waals surface area contributed by atoms with Crippen LogP contribution in [0.15, 0.2) is 79.0 Å². The van der Waals surface area contributed by atoms with Crippen molar-refractivity contribution in [3.8, 4) is 23.5 Å². The fourth-order valence-corrected chi connectivity index (χ4v) is 3.54. The number of rotatable bonds is 5. The van der Waals surface area contributed by atoms with Crippen molar-refractivity contribution >= 4 is 11.5 Å². The van der Waals surface area contributed by atoms with Gasteiger partial charge in [-0.1, -0.05) is 48.4 Å². The molecule has 3 aromatic carbocycles. The Hall–Kier alpha value is -3.90. The lowest BCUT2D eigenvalue weighted by Crippen LogP contribution is -2.03. The first kappa shape index (κ1) is 19.4. The van der Waals surface area contributed by atoms with E-state index in [1.165, 1.54) is 22.3 Å². The minimum Gasteiger partial charge on any atom is -0.340 e. The molecule has 0 aliphatic rings. The molecule has 0 spiro atoms. The third-order valence-electron chi connectivity index (χ3n) is 5.08. The van der Waals surface area contributed by atoms with E-state index in [-0.39, 0.29) is 0 Å². The Morgan fingerprint density at radius 2 is 1.57 bits per heavy atom. The Morgan fingerprint density at radius 3 is 2.23 bits per heavy atom. The Labute approximate surface area is 177 Å². The summed E-state index contributed by atoms with van der Waals surface area (Å²) in [4.78, 5) is 9.13. The number of nitrogens with zero attached hydrogens (tertiary/aromatic N) is 2. The van der Waals surface area contributed by atoms with Gasteiger partial charge in [0.2, 0.25) is 0 Å². The van der Waals surface area contributed by atoms with E-state index in [0.717, 1.165) is 28.5 Å². The van der Waals surface area contributed by atoms with E-state index in [1.807, 2.05) is 36.4 Å². The molecular formula is C27H23N3. The maximum Gasteiger partial charge on any atom is 0.135 e. The summed E-state index contributed by atoms with van der Waals surface area (Å²) in [6.07, 6.45) is 7.88. The predicted octanol–water partition coefficient (Wildman–Crippen LogP) is 6.08. The van der Waals surface area contributed by atoms with Gasteiger partial charge >= 0.3 is 0 Å². The zero-order valence-corrected chi connectivity index (χ0v) is 17.2. The van der Waals surface area contributed by atoms with E-state index in [1.54, 1.807) is 6.20 Å². The van der Waals surface area contributed by atoms with Crippen molar-refractivity contribution in [3.05, 3.63) is 107 Å². The Kier molecular flexibility index (Phi) is 5.59. The molecule has 0 saturated carbocycles. The van der Waals surface area contributed by atoms with Crippen molar-refractivity contribution in [2.75, 3.05) is 5.32 Å². The number of anilines is 2. The van der Waals surface area contributed by atoms with Crippen LogP contribution in [0.25, 0.3) is 11.1 Å². The van der Waals surface area contributed by atoms with Gasteiger partial charge in [-0.3, -0.25) is 0 Å². The molecule has 0 unspecified atom stereocenters. The summed E-state index contributed by atoms with van der Waals surface area (Å²) in [7, 11) is 0. The molecule has 0 radical (unpaired) electrons. The lowest BCUT2D eigenvalue weighted by atomic mass is 9.99. The average molecular weight is 390 g/mol. The molecular weight excluding hydrogens is 366 g/mol. The van der Waals surface area contributed by atoms with Crippen molar-refractivity contribution in [1.29, 1.82) is 0 Å². The molecule has 0 amide bonds. The zero-order chi connectivity index (χ0) is 20.9. The quantitative estimate of drug-likeness (QED) is 0.421. The zero-order valence-electron chi connectivity index (χ0n) is 17.2. The van der Waals surface area contributed by atoms with Crippen LogP contribution in [0.5, 0.6) is 0 Å². The van der Waals surface area contributed by atoms with E-state index in [2.05, 4.69) is 66.5 Å². The molecule has 1 N–H and O–H groups in total. The molecule has 4 aromatic rings. The third kappa shape index (κ3) is 4.39. The molecule has 146 valence electrons. The number of terminal acetylenes is 1. The van der Waals surface area contributed by atoms with E-state index in [4.69, 9.17) is 11.4 Å². The summed E-state index contributed by atoms with van der Waals surface area (Å²) in [6.45, 7) is 4.24. The molecule has 1 aromatic heterocycles. The summed E-state index contributed by atoms with van der Waals surface area (Å²) < 4.78 is 0. The molecule has 0 aliphatic heterocycles. The summed E-state index contributed by atoms with van der Waals surface area (Å²) in [5, 5.41) is 3.49. The monoisotopic (exact) mass is 389 g/mol. The van der Waals surface area contributed by atoms with Gasteiger partial charge in [0.1, 0.15) is 11.6 Å². The second-order valence-corrected chi connectivity index (χ2v) is 7.35. The fraction of sp³-hybridized carbons (Fsp3) is 0.111. The van der Waals surface area contributed by atoms with Crippen molar-refractivity contribution < 1.29 is 0 Å². The molecule has 1 heterocycles. The Morgan fingerprint density at radius 1 is 0.867 bits per heavy atom. The van der Waals surface area contributed by atoms with Crippen molar-refractivity contribution in [1.82, 2.24) is 9.97 Å². The Bertz CT molecular complexity index is 1180. The molecule has 0 fully saturated rings. The number of nitrogens with one attached hydrogen (secondary N) is 1. The van der Waals surface area contributed by atoms with Gasteiger partial charge in [0.05, 0.1) is 0 Å². The van der Waals surface area contributed by atoms with Crippen molar-refractivity contribution in [3.63, 3.8) is 0 Å². The highest BCUT2D eigenvalue weighted by Gasteiger charge is 2.09. The molecule has 3 nitrogen and oxygen atoms in total. The molecule has 4 rings (SSSR count). The van der Waals surface area contributed by atoms with Gasteiger partial charge in [0, 0.05) is 23.9 Å². The highest BCUT2D eigenvalue weighted by atomic mass is 15.0. The highest BCUT2D eigenvalue weighted by Crippen LogP contribution is 2.30. The molecule has 30 heavy (non-hydrogen) atoms. The highest BCUT2D eigenvalue weighted by molar-refractivity contribution is 5.73. The van der Waals surface area contributed by atoms with Crippen molar-refractivity contribution in [2.24, 2.45) is 0 Å². The van der Waals surface area contributed by atoms with Crippen LogP contribution >= 0.6 is 0 Å². The maximum absolute atomic E-state index is 5.43. The van der Waals surface area contributed by atoms with Gasteiger partial charge in [-0.15, -0.1) is 6.42 Å².